The summed E-state index contributed by atoms with van der Waals surface area (Å²) in [5.41, 5.74) is 2.27. The minimum absolute atomic E-state index is 1.09. The van der Waals surface area contributed by atoms with Crippen molar-refractivity contribution in [2.75, 3.05) is 5.32 Å². The molecule has 0 aliphatic heterocycles. The van der Waals surface area contributed by atoms with E-state index in [-0.39, 0.29) is 0 Å². The van der Waals surface area contributed by atoms with Gasteiger partial charge in [-0.05, 0) is 24.8 Å². The Morgan fingerprint density at radius 2 is 2.08 bits per heavy atom. The third-order valence-electron chi connectivity index (χ3n) is 1.56. The molecule has 0 aromatic heterocycles. The van der Waals surface area contributed by atoms with Gasteiger partial charge >= 0.3 is 0 Å². The second-order valence-corrected chi connectivity index (χ2v) is 2.44. The predicted octanol–water partition coefficient (Wildman–Crippen LogP) is 3.28. The maximum atomic E-state index is 3.62. The SMILES string of the molecule is C=CNc1ccccc1/C=C\C. The lowest BCUT2D eigenvalue weighted by Gasteiger charge is -2.03. The van der Waals surface area contributed by atoms with Crippen molar-refractivity contribution in [1.82, 2.24) is 0 Å². The van der Waals surface area contributed by atoms with Crippen molar-refractivity contribution in [2.24, 2.45) is 0 Å². The van der Waals surface area contributed by atoms with Gasteiger partial charge in [0, 0.05) is 5.69 Å². The molecule has 0 saturated carbocycles. The molecule has 0 atom stereocenters. The van der Waals surface area contributed by atoms with Gasteiger partial charge in [0.25, 0.3) is 0 Å². The number of hydrogen-bond donors (Lipinski definition) is 1. The Morgan fingerprint density at radius 1 is 1.33 bits per heavy atom. The van der Waals surface area contributed by atoms with E-state index in [1.807, 2.05) is 31.2 Å². The van der Waals surface area contributed by atoms with Crippen molar-refractivity contribution >= 4 is 11.8 Å². The largest absolute Gasteiger partial charge is 0.362 e. The lowest BCUT2D eigenvalue weighted by Crippen LogP contribution is -1.88. The van der Waals surface area contributed by atoms with Gasteiger partial charge in [-0.1, -0.05) is 36.9 Å². The Morgan fingerprint density at radius 3 is 2.75 bits per heavy atom. The summed E-state index contributed by atoms with van der Waals surface area (Å²) in [5, 5.41) is 3.07. The lowest BCUT2D eigenvalue weighted by atomic mass is 10.1. The first kappa shape index (κ1) is 8.60. The highest BCUT2D eigenvalue weighted by molar-refractivity contribution is 5.66. The van der Waals surface area contributed by atoms with Gasteiger partial charge in [-0.3, -0.25) is 0 Å². The average Bonchev–Trinajstić information content (AvgIpc) is 2.09. The summed E-state index contributed by atoms with van der Waals surface area (Å²) in [7, 11) is 0. The fourth-order valence-electron chi connectivity index (χ4n) is 1.06. The molecule has 1 aromatic rings. The number of anilines is 1. The second kappa shape index (κ2) is 4.39. The molecular formula is C11H13N. The molecule has 62 valence electrons. The monoisotopic (exact) mass is 159 g/mol. The van der Waals surface area contributed by atoms with Crippen LogP contribution in [-0.2, 0) is 0 Å². The van der Waals surface area contributed by atoms with Gasteiger partial charge in [-0.2, -0.15) is 0 Å². The van der Waals surface area contributed by atoms with E-state index in [0.717, 1.165) is 5.69 Å². The van der Waals surface area contributed by atoms with E-state index >= 15 is 0 Å². The minimum Gasteiger partial charge on any atom is -0.362 e. The Kier molecular flexibility index (Phi) is 3.15. The predicted molar refractivity (Wildman–Crippen MR) is 55.0 cm³/mol. The van der Waals surface area contributed by atoms with Crippen LogP contribution in [0.3, 0.4) is 0 Å². The Bertz CT molecular complexity index is 287. The van der Waals surface area contributed by atoms with Crippen LogP contribution in [0, 0.1) is 0 Å². The molecule has 0 aliphatic rings. The van der Waals surface area contributed by atoms with Gasteiger partial charge in [0.2, 0.25) is 0 Å². The van der Waals surface area contributed by atoms with Gasteiger partial charge in [0.15, 0.2) is 0 Å². The van der Waals surface area contributed by atoms with E-state index < -0.39 is 0 Å². The first-order valence-electron chi connectivity index (χ1n) is 3.97. The lowest BCUT2D eigenvalue weighted by molar-refractivity contribution is 1.56. The first-order chi connectivity index (χ1) is 5.88. The topological polar surface area (TPSA) is 12.0 Å². The van der Waals surface area contributed by atoms with Gasteiger partial charge < -0.3 is 5.32 Å². The first-order valence-corrected chi connectivity index (χ1v) is 3.97. The summed E-state index contributed by atoms with van der Waals surface area (Å²) < 4.78 is 0. The van der Waals surface area contributed by atoms with Crippen LogP contribution in [0.4, 0.5) is 5.69 Å². The number of nitrogens with one attached hydrogen (secondary N) is 1. The van der Waals surface area contributed by atoms with E-state index in [9.17, 15) is 0 Å². The van der Waals surface area contributed by atoms with E-state index in [0.29, 0.717) is 0 Å². The summed E-state index contributed by atoms with van der Waals surface area (Å²) >= 11 is 0. The molecule has 0 fully saturated rings. The molecule has 1 N–H and O–H groups in total. The van der Waals surface area contributed by atoms with Gasteiger partial charge in [-0.15, -0.1) is 0 Å². The van der Waals surface area contributed by atoms with Crippen molar-refractivity contribution in [1.29, 1.82) is 0 Å². The molecule has 1 aromatic carbocycles. The van der Waals surface area contributed by atoms with Crippen LogP contribution >= 0.6 is 0 Å². The Labute approximate surface area is 73.4 Å². The van der Waals surface area contributed by atoms with Crippen molar-refractivity contribution < 1.29 is 0 Å². The zero-order valence-electron chi connectivity index (χ0n) is 7.25. The number of hydrogen-bond acceptors (Lipinski definition) is 1. The molecule has 1 nitrogen and oxygen atoms in total. The molecule has 12 heavy (non-hydrogen) atoms. The highest BCUT2D eigenvalue weighted by atomic mass is 14.8. The van der Waals surface area contributed by atoms with Crippen molar-refractivity contribution in [3.05, 3.63) is 48.7 Å². The third kappa shape index (κ3) is 1.99. The number of para-hydroxylation sites is 1. The van der Waals surface area contributed by atoms with Crippen LogP contribution in [-0.4, -0.2) is 0 Å². The molecule has 0 heterocycles. The van der Waals surface area contributed by atoms with Gasteiger partial charge in [0.1, 0.15) is 0 Å². The molecule has 0 unspecified atom stereocenters. The highest BCUT2D eigenvalue weighted by Gasteiger charge is 1.92. The van der Waals surface area contributed by atoms with Gasteiger partial charge in [0.05, 0.1) is 0 Å². The van der Waals surface area contributed by atoms with Crippen LogP contribution in [0.25, 0.3) is 6.08 Å². The van der Waals surface area contributed by atoms with Gasteiger partial charge in [-0.25, -0.2) is 0 Å². The van der Waals surface area contributed by atoms with Crippen LogP contribution < -0.4 is 5.32 Å². The summed E-state index contributed by atoms with van der Waals surface area (Å²) in [4.78, 5) is 0. The van der Waals surface area contributed by atoms with Crippen molar-refractivity contribution in [3.8, 4) is 0 Å². The van der Waals surface area contributed by atoms with Crippen LogP contribution in [0.5, 0.6) is 0 Å². The van der Waals surface area contributed by atoms with E-state index in [1.165, 1.54) is 5.56 Å². The maximum Gasteiger partial charge on any atom is 0.0453 e. The number of rotatable bonds is 3. The van der Waals surface area contributed by atoms with E-state index in [1.54, 1.807) is 6.20 Å². The molecule has 1 heteroatoms. The molecule has 0 saturated heterocycles. The minimum atomic E-state index is 1.09. The average molecular weight is 159 g/mol. The van der Waals surface area contributed by atoms with Crippen LogP contribution in [0.15, 0.2) is 43.1 Å². The molecule has 0 spiro atoms. The second-order valence-electron chi connectivity index (χ2n) is 2.44. The smallest absolute Gasteiger partial charge is 0.0453 e. The highest BCUT2D eigenvalue weighted by Crippen LogP contribution is 2.15. The maximum absolute atomic E-state index is 3.62. The van der Waals surface area contributed by atoms with Crippen molar-refractivity contribution in [3.63, 3.8) is 0 Å². The number of benzene rings is 1. The summed E-state index contributed by atoms with van der Waals surface area (Å²) in [5.74, 6) is 0. The Balaban J connectivity index is 2.99. The molecule has 0 radical (unpaired) electrons. The summed E-state index contributed by atoms with van der Waals surface area (Å²) in [6.45, 7) is 5.63. The van der Waals surface area contributed by atoms with E-state index in [2.05, 4.69) is 24.0 Å². The zero-order valence-corrected chi connectivity index (χ0v) is 7.25. The zero-order chi connectivity index (χ0) is 8.81. The molecule has 1 rings (SSSR count). The molecular weight excluding hydrogens is 146 g/mol. The van der Waals surface area contributed by atoms with Crippen LogP contribution in [0.2, 0.25) is 0 Å². The molecule has 0 aliphatic carbocycles. The molecule has 0 amide bonds. The quantitative estimate of drug-likeness (QED) is 0.713. The van der Waals surface area contributed by atoms with Crippen LogP contribution in [0.1, 0.15) is 12.5 Å². The fraction of sp³-hybridized carbons (Fsp3) is 0.0909. The standard InChI is InChI=1S/C11H13N/c1-3-7-10-8-5-6-9-11(10)12-4-2/h3-9,12H,2H2,1H3/b7-3-. The fourth-order valence-corrected chi connectivity index (χ4v) is 1.06. The molecule has 0 bridgehead atoms. The summed E-state index contributed by atoms with van der Waals surface area (Å²) in [6, 6.07) is 8.10. The Hall–Kier alpha value is -1.50. The van der Waals surface area contributed by atoms with E-state index in [4.69, 9.17) is 0 Å². The number of allylic oxidation sites excluding steroid dienone is 1. The third-order valence-corrected chi connectivity index (χ3v) is 1.56. The summed E-state index contributed by atoms with van der Waals surface area (Å²) in [6.07, 6.45) is 5.76. The normalized spacial score (nSPS) is 10.1. The van der Waals surface area contributed by atoms with Crippen molar-refractivity contribution in [2.45, 2.75) is 6.92 Å².